The van der Waals surface area contributed by atoms with E-state index in [1.54, 1.807) is 16.7 Å². The lowest BCUT2D eigenvalue weighted by molar-refractivity contribution is -0.104. The van der Waals surface area contributed by atoms with Crippen LogP contribution in [0.5, 0.6) is 0 Å². The van der Waals surface area contributed by atoms with Crippen molar-refractivity contribution in [3.8, 4) is 0 Å². The smallest absolute Gasteiger partial charge is 0.0823 e. The van der Waals surface area contributed by atoms with E-state index in [4.69, 9.17) is 4.74 Å². The van der Waals surface area contributed by atoms with Gasteiger partial charge in [-0.3, -0.25) is 0 Å². The maximum absolute atomic E-state index is 7.01. The van der Waals surface area contributed by atoms with E-state index < -0.39 is 0 Å². The highest BCUT2D eigenvalue weighted by molar-refractivity contribution is 5.54. The third kappa shape index (κ3) is 3.46. The first kappa shape index (κ1) is 20.7. The summed E-state index contributed by atoms with van der Waals surface area (Å²) in [6.45, 7) is 12.0. The van der Waals surface area contributed by atoms with Gasteiger partial charge in [0.05, 0.1) is 11.7 Å². The van der Waals surface area contributed by atoms with Crippen LogP contribution in [0.1, 0.15) is 101 Å². The molecule has 0 saturated heterocycles. The van der Waals surface area contributed by atoms with Gasteiger partial charge in [0, 0.05) is 11.3 Å². The van der Waals surface area contributed by atoms with Gasteiger partial charge in [0.25, 0.3) is 0 Å². The van der Waals surface area contributed by atoms with Crippen molar-refractivity contribution in [3.63, 3.8) is 0 Å². The highest BCUT2D eigenvalue weighted by atomic mass is 16.5. The van der Waals surface area contributed by atoms with Crippen LogP contribution < -0.4 is 0 Å². The van der Waals surface area contributed by atoms with Crippen LogP contribution in [0.4, 0.5) is 0 Å². The monoisotopic (exact) mass is 390 g/mol. The summed E-state index contributed by atoms with van der Waals surface area (Å²) in [5, 5.41) is 0. The van der Waals surface area contributed by atoms with Crippen LogP contribution in [-0.4, -0.2) is 11.7 Å². The van der Waals surface area contributed by atoms with Gasteiger partial charge in [0.1, 0.15) is 0 Å². The van der Waals surface area contributed by atoms with Crippen molar-refractivity contribution < 1.29 is 4.74 Å². The van der Waals surface area contributed by atoms with Crippen molar-refractivity contribution in [3.05, 3.63) is 70.8 Å². The highest BCUT2D eigenvalue weighted by Crippen LogP contribution is 2.61. The summed E-state index contributed by atoms with van der Waals surface area (Å²) in [6, 6.07) is 18.2. The summed E-state index contributed by atoms with van der Waals surface area (Å²) in [5.74, 6) is 1.05. The fourth-order valence-electron chi connectivity index (χ4n) is 5.81. The van der Waals surface area contributed by atoms with Gasteiger partial charge in [0.2, 0.25) is 0 Å². The molecule has 1 heteroatoms. The van der Waals surface area contributed by atoms with Crippen LogP contribution in [0.15, 0.2) is 48.5 Å². The topological polar surface area (TPSA) is 9.23 Å². The molecule has 1 saturated carbocycles. The Morgan fingerprint density at radius 3 is 2.34 bits per heavy atom. The third-order valence-corrected chi connectivity index (χ3v) is 7.87. The van der Waals surface area contributed by atoms with E-state index in [0.717, 1.165) is 6.42 Å². The molecule has 1 fully saturated rings. The first-order valence-corrected chi connectivity index (χ1v) is 11.8. The average Bonchev–Trinajstić information content (AvgIpc) is 3.52. The summed E-state index contributed by atoms with van der Waals surface area (Å²) >= 11 is 0. The molecule has 4 rings (SSSR count). The van der Waals surface area contributed by atoms with Crippen LogP contribution >= 0.6 is 0 Å². The Bertz CT molecular complexity index is 837. The Labute approximate surface area is 177 Å². The van der Waals surface area contributed by atoms with Gasteiger partial charge >= 0.3 is 0 Å². The van der Waals surface area contributed by atoms with Gasteiger partial charge in [-0.1, -0.05) is 82.6 Å². The van der Waals surface area contributed by atoms with Crippen molar-refractivity contribution in [2.24, 2.45) is 0 Å². The summed E-state index contributed by atoms with van der Waals surface area (Å²) < 4.78 is 7.01. The van der Waals surface area contributed by atoms with Crippen molar-refractivity contribution in [2.45, 2.75) is 102 Å². The SMILES string of the molecule is CCCC1c2cccc(C(C)CC)c2C(C)(Cc2ccccc2)C1(C)OC1CC1. The second kappa shape index (κ2) is 7.91. The summed E-state index contributed by atoms with van der Waals surface area (Å²) in [6.07, 6.45) is 7.52. The lowest BCUT2D eigenvalue weighted by atomic mass is 9.65. The number of benzene rings is 2. The predicted molar refractivity (Wildman–Crippen MR) is 123 cm³/mol. The lowest BCUT2D eigenvalue weighted by Gasteiger charge is -2.46. The first-order chi connectivity index (χ1) is 13.9. The molecule has 0 N–H and O–H groups in total. The zero-order valence-electron chi connectivity index (χ0n) is 19.0. The van der Waals surface area contributed by atoms with Crippen LogP contribution in [0.3, 0.4) is 0 Å². The standard InChI is InChI=1S/C28H38O/c1-6-12-25-24-16-11-15-23(20(3)7-2)26(24)27(4,19-21-13-9-8-10-14-21)28(25,5)29-22-17-18-22/h8-11,13-16,20,22,25H,6-7,12,17-19H2,1-5H3. The Balaban J connectivity index is 1.91. The molecule has 2 aromatic carbocycles. The van der Waals surface area contributed by atoms with Gasteiger partial charge < -0.3 is 4.74 Å². The molecule has 0 aromatic heterocycles. The van der Waals surface area contributed by atoms with E-state index in [1.165, 1.54) is 37.7 Å². The molecule has 2 aliphatic carbocycles. The maximum atomic E-state index is 7.01. The van der Waals surface area contributed by atoms with E-state index in [9.17, 15) is 0 Å². The summed E-state index contributed by atoms with van der Waals surface area (Å²) in [7, 11) is 0. The van der Waals surface area contributed by atoms with Crippen molar-refractivity contribution >= 4 is 0 Å². The molecule has 0 aliphatic heterocycles. The quantitative estimate of drug-likeness (QED) is 0.452. The minimum absolute atomic E-state index is 0.0217. The molecule has 4 unspecified atom stereocenters. The zero-order chi connectivity index (χ0) is 20.6. The fourth-order valence-corrected chi connectivity index (χ4v) is 5.81. The highest BCUT2D eigenvalue weighted by Gasteiger charge is 2.60. The molecule has 2 aliphatic rings. The minimum atomic E-state index is -0.161. The van der Waals surface area contributed by atoms with E-state index in [2.05, 4.69) is 83.1 Å². The second-order valence-electron chi connectivity index (χ2n) is 9.88. The van der Waals surface area contributed by atoms with Crippen LogP contribution in [-0.2, 0) is 16.6 Å². The Hall–Kier alpha value is -1.60. The summed E-state index contributed by atoms with van der Waals surface area (Å²) in [4.78, 5) is 0. The average molecular weight is 391 g/mol. The van der Waals surface area contributed by atoms with Gasteiger partial charge in [-0.05, 0) is 67.2 Å². The molecule has 1 nitrogen and oxygen atoms in total. The lowest BCUT2D eigenvalue weighted by Crippen LogP contribution is -2.51. The van der Waals surface area contributed by atoms with Crippen molar-refractivity contribution in [1.82, 2.24) is 0 Å². The molecule has 2 aromatic rings. The zero-order valence-corrected chi connectivity index (χ0v) is 19.0. The molecule has 0 radical (unpaired) electrons. The molecule has 0 bridgehead atoms. The molecular weight excluding hydrogens is 352 g/mol. The Morgan fingerprint density at radius 2 is 1.72 bits per heavy atom. The maximum Gasteiger partial charge on any atom is 0.0823 e. The first-order valence-electron chi connectivity index (χ1n) is 11.8. The van der Waals surface area contributed by atoms with Crippen LogP contribution in [0.2, 0.25) is 0 Å². The van der Waals surface area contributed by atoms with E-state index in [1.807, 2.05) is 0 Å². The molecule has 4 atom stereocenters. The number of hydrogen-bond acceptors (Lipinski definition) is 1. The fraction of sp³-hybridized carbons (Fsp3) is 0.571. The molecule has 0 spiro atoms. The van der Waals surface area contributed by atoms with Gasteiger partial charge in [-0.15, -0.1) is 0 Å². The van der Waals surface area contributed by atoms with Gasteiger partial charge in [-0.25, -0.2) is 0 Å². The minimum Gasteiger partial charge on any atom is -0.370 e. The molecule has 29 heavy (non-hydrogen) atoms. The van der Waals surface area contributed by atoms with E-state index in [0.29, 0.717) is 17.9 Å². The van der Waals surface area contributed by atoms with Crippen LogP contribution in [0, 0.1) is 0 Å². The number of ether oxygens (including phenoxy) is 1. The Kier molecular flexibility index (Phi) is 5.64. The molecule has 156 valence electrons. The largest absolute Gasteiger partial charge is 0.370 e. The van der Waals surface area contributed by atoms with Crippen molar-refractivity contribution in [1.29, 1.82) is 0 Å². The Morgan fingerprint density at radius 1 is 1.00 bits per heavy atom. The third-order valence-electron chi connectivity index (χ3n) is 7.87. The number of hydrogen-bond donors (Lipinski definition) is 0. The molecule has 0 heterocycles. The van der Waals surface area contributed by atoms with Crippen molar-refractivity contribution in [2.75, 3.05) is 0 Å². The van der Waals surface area contributed by atoms with Gasteiger partial charge in [-0.2, -0.15) is 0 Å². The summed E-state index contributed by atoms with van der Waals surface area (Å²) in [5.41, 5.74) is 5.94. The van der Waals surface area contributed by atoms with E-state index in [-0.39, 0.29) is 11.0 Å². The number of rotatable bonds is 8. The van der Waals surface area contributed by atoms with Crippen LogP contribution in [0.25, 0.3) is 0 Å². The predicted octanol–water partition coefficient (Wildman–Crippen LogP) is 7.54. The number of fused-ring (bicyclic) bond motifs is 1. The van der Waals surface area contributed by atoms with Gasteiger partial charge in [0.15, 0.2) is 0 Å². The molecular formula is C28H38O. The molecule has 0 amide bonds. The normalized spacial score (nSPS) is 29.6. The second-order valence-corrected chi connectivity index (χ2v) is 9.88. The van der Waals surface area contributed by atoms with E-state index >= 15 is 0 Å².